The molecular formula is C22H35N4O+. The maximum absolute atomic E-state index is 6.07. The molecule has 2 aromatic rings. The van der Waals surface area contributed by atoms with Gasteiger partial charge in [-0.2, -0.15) is 4.68 Å². The van der Waals surface area contributed by atoms with E-state index in [9.17, 15) is 0 Å². The number of rotatable bonds is 2. The van der Waals surface area contributed by atoms with Crippen LogP contribution in [-0.4, -0.2) is 40.3 Å². The molecular weight excluding hydrogens is 336 g/mol. The van der Waals surface area contributed by atoms with Crippen LogP contribution in [0, 0.1) is 11.3 Å². The molecule has 1 N–H and O–H groups in total. The summed E-state index contributed by atoms with van der Waals surface area (Å²) in [5.41, 5.74) is 2.54. The molecule has 4 rings (SSSR count). The third-order valence-corrected chi connectivity index (χ3v) is 6.99. The number of ether oxygens (including phenoxy) is 1. The molecule has 1 aliphatic carbocycles. The van der Waals surface area contributed by atoms with E-state index >= 15 is 0 Å². The highest BCUT2D eigenvalue weighted by molar-refractivity contribution is 5.74. The summed E-state index contributed by atoms with van der Waals surface area (Å²) >= 11 is 0. The molecule has 1 saturated carbocycles. The Morgan fingerprint density at radius 3 is 2.33 bits per heavy atom. The highest BCUT2D eigenvalue weighted by Crippen LogP contribution is 2.42. The van der Waals surface area contributed by atoms with E-state index in [-0.39, 0.29) is 17.9 Å². The Morgan fingerprint density at radius 1 is 1.07 bits per heavy atom. The lowest BCUT2D eigenvalue weighted by atomic mass is 9.69. The number of quaternary nitrogens is 1. The van der Waals surface area contributed by atoms with Crippen molar-refractivity contribution < 1.29 is 9.64 Å². The van der Waals surface area contributed by atoms with Crippen LogP contribution in [0.4, 0.5) is 0 Å². The molecule has 0 amide bonds. The topological polar surface area (TPSA) is 44.4 Å². The third kappa shape index (κ3) is 3.40. The highest BCUT2D eigenvalue weighted by atomic mass is 16.5. The number of nitrogens with zero attached hydrogens (tertiary/aromatic N) is 3. The summed E-state index contributed by atoms with van der Waals surface area (Å²) in [5, 5.41) is 9.22. The van der Waals surface area contributed by atoms with Gasteiger partial charge in [0.1, 0.15) is 30.8 Å². The van der Waals surface area contributed by atoms with E-state index < -0.39 is 0 Å². The number of hydrogen-bond acceptors (Lipinski definition) is 3. The fourth-order valence-electron chi connectivity index (χ4n) is 5.51. The standard InChI is InChI=1S/C22H34N4O/c1-16-14-25(15-17(2)27-16)22(12-10-18(11-13-22)21(3,4)5)26-20-9-7-6-8-19(20)23-24-26/h6-9,16-18H,10-15H2,1-5H3/p+1/t16-,17-,18?,22?/m0/s1. The van der Waals surface area contributed by atoms with Crippen molar-refractivity contribution in [1.29, 1.82) is 0 Å². The van der Waals surface area contributed by atoms with Crippen molar-refractivity contribution in [3.8, 4) is 0 Å². The molecule has 0 bridgehead atoms. The van der Waals surface area contributed by atoms with Crippen molar-refractivity contribution in [3.63, 3.8) is 0 Å². The summed E-state index contributed by atoms with van der Waals surface area (Å²) in [6, 6.07) is 8.42. The summed E-state index contributed by atoms with van der Waals surface area (Å²) in [6.07, 6.45) is 5.41. The predicted octanol–water partition coefficient (Wildman–Crippen LogP) is 3.01. The lowest BCUT2D eigenvalue weighted by Crippen LogP contribution is -3.22. The van der Waals surface area contributed by atoms with Crippen molar-refractivity contribution in [2.75, 3.05) is 13.1 Å². The van der Waals surface area contributed by atoms with Gasteiger partial charge in [-0.15, -0.1) is 5.10 Å². The Bertz CT molecular complexity index is 775. The zero-order valence-electron chi connectivity index (χ0n) is 17.5. The van der Waals surface area contributed by atoms with E-state index in [0.29, 0.717) is 5.41 Å². The first-order valence-corrected chi connectivity index (χ1v) is 10.6. The molecule has 1 aromatic carbocycles. The van der Waals surface area contributed by atoms with Crippen LogP contribution >= 0.6 is 0 Å². The number of aromatic nitrogens is 3. The summed E-state index contributed by atoms with van der Waals surface area (Å²) in [6.45, 7) is 13.7. The van der Waals surface area contributed by atoms with Gasteiger partial charge < -0.3 is 9.64 Å². The molecule has 0 radical (unpaired) electrons. The molecule has 1 aliphatic heterocycles. The molecule has 1 saturated heterocycles. The first kappa shape index (κ1) is 18.9. The first-order valence-electron chi connectivity index (χ1n) is 10.6. The molecule has 2 fully saturated rings. The molecule has 5 nitrogen and oxygen atoms in total. The molecule has 2 aliphatic rings. The number of para-hydroxylation sites is 1. The van der Waals surface area contributed by atoms with Gasteiger partial charge in [-0.3, -0.25) is 0 Å². The molecule has 27 heavy (non-hydrogen) atoms. The van der Waals surface area contributed by atoms with Crippen molar-refractivity contribution in [2.45, 2.75) is 78.2 Å². The Hall–Kier alpha value is -1.46. The van der Waals surface area contributed by atoms with Gasteiger partial charge in [0.05, 0.1) is 5.52 Å². The van der Waals surface area contributed by atoms with Gasteiger partial charge in [-0.25, -0.2) is 0 Å². The van der Waals surface area contributed by atoms with Crippen LogP contribution < -0.4 is 4.90 Å². The van der Waals surface area contributed by atoms with Crippen LogP contribution in [0.3, 0.4) is 0 Å². The molecule has 5 heteroatoms. The van der Waals surface area contributed by atoms with E-state index in [2.05, 4.69) is 68.7 Å². The molecule has 2 heterocycles. The van der Waals surface area contributed by atoms with E-state index in [0.717, 1.165) is 37.4 Å². The maximum Gasteiger partial charge on any atom is 0.195 e. The van der Waals surface area contributed by atoms with E-state index in [4.69, 9.17) is 9.95 Å². The molecule has 148 valence electrons. The highest BCUT2D eigenvalue weighted by Gasteiger charge is 2.50. The largest absolute Gasteiger partial charge is 0.364 e. The SMILES string of the molecule is C[C@H]1C[NH+](C2(n3nnc4ccccc43)CCC(C(C)(C)C)CC2)C[C@H](C)O1. The van der Waals surface area contributed by atoms with E-state index in [1.54, 1.807) is 4.90 Å². The lowest BCUT2D eigenvalue weighted by Gasteiger charge is -2.49. The average Bonchev–Trinajstić information content (AvgIpc) is 3.05. The quantitative estimate of drug-likeness (QED) is 0.883. The van der Waals surface area contributed by atoms with Gasteiger partial charge >= 0.3 is 0 Å². The number of fused-ring (bicyclic) bond motifs is 1. The second-order valence-electron chi connectivity index (χ2n) is 9.93. The minimum absolute atomic E-state index is 0.00977. The molecule has 0 unspecified atom stereocenters. The van der Waals surface area contributed by atoms with Crippen molar-refractivity contribution >= 4 is 11.0 Å². The number of nitrogens with one attached hydrogen (secondary N) is 1. The van der Waals surface area contributed by atoms with Gasteiger partial charge in [0, 0.05) is 12.8 Å². The normalized spacial score (nSPS) is 35.4. The van der Waals surface area contributed by atoms with Crippen LogP contribution in [0.1, 0.15) is 60.3 Å². The smallest absolute Gasteiger partial charge is 0.195 e. The van der Waals surface area contributed by atoms with Crippen LogP contribution in [0.5, 0.6) is 0 Å². The average molecular weight is 372 g/mol. The van der Waals surface area contributed by atoms with Crippen molar-refractivity contribution in [1.82, 2.24) is 15.0 Å². The van der Waals surface area contributed by atoms with Crippen molar-refractivity contribution in [3.05, 3.63) is 24.3 Å². The Balaban J connectivity index is 1.74. The summed E-state index contributed by atoms with van der Waals surface area (Å²) in [4.78, 5) is 1.62. The first-order chi connectivity index (χ1) is 12.8. The summed E-state index contributed by atoms with van der Waals surface area (Å²) in [7, 11) is 0. The Kier molecular flexibility index (Phi) is 4.79. The Morgan fingerprint density at radius 2 is 1.70 bits per heavy atom. The van der Waals surface area contributed by atoms with Gasteiger partial charge in [0.25, 0.3) is 0 Å². The van der Waals surface area contributed by atoms with Crippen LogP contribution in [0.2, 0.25) is 0 Å². The van der Waals surface area contributed by atoms with Gasteiger partial charge in [0.2, 0.25) is 0 Å². The van der Waals surface area contributed by atoms with Crippen LogP contribution in [-0.2, 0) is 10.4 Å². The third-order valence-electron chi connectivity index (χ3n) is 6.99. The van der Waals surface area contributed by atoms with Gasteiger partial charge in [0.15, 0.2) is 5.66 Å². The minimum atomic E-state index is -0.00977. The Labute approximate surface area is 163 Å². The minimum Gasteiger partial charge on any atom is -0.364 e. The van der Waals surface area contributed by atoms with Gasteiger partial charge in [-0.1, -0.05) is 38.1 Å². The van der Waals surface area contributed by atoms with Crippen LogP contribution in [0.15, 0.2) is 24.3 Å². The fourth-order valence-corrected chi connectivity index (χ4v) is 5.51. The molecule has 2 atom stereocenters. The van der Waals surface area contributed by atoms with Gasteiger partial charge in [-0.05, 0) is 50.2 Å². The molecule has 1 aromatic heterocycles. The second-order valence-corrected chi connectivity index (χ2v) is 9.93. The number of morpholine rings is 1. The second kappa shape index (κ2) is 6.85. The monoisotopic (exact) mass is 371 g/mol. The summed E-state index contributed by atoms with van der Waals surface area (Å²) < 4.78 is 8.35. The molecule has 0 spiro atoms. The lowest BCUT2D eigenvalue weighted by molar-refractivity contribution is -0.987. The van der Waals surface area contributed by atoms with Crippen LogP contribution in [0.25, 0.3) is 11.0 Å². The number of hydrogen-bond donors (Lipinski definition) is 1. The van der Waals surface area contributed by atoms with E-state index in [1.807, 2.05) is 0 Å². The zero-order chi connectivity index (χ0) is 19.2. The fraction of sp³-hybridized carbons (Fsp3) is 0.727. The van der Waals surface area contributed by atoms with Crippen molar-refractivity contribution in [2.24, 2.45) is 11.3 Å². The predicted molar refractivity (Wildman–Crippen MR) is 108 cm³/mol. The summed E-state index contributed by atoms with van der Waals surface area (Å²) in [5.74, 6) is 0.774. The van der Waals surface area contributed by atoms with E-state index in [1.165, 1.54) is 18.4 Å². The number of benzene rings is 1. The maximum atomic E-state index is 6.07. The zero-order valence-corrected chi connectivity index (χ0v) is 17.5.